The zero-order chi connectivity index (χ0) is 10.8. The zero-order valence-electron chi connectivity index (χ0n) is 8.49. The Morgan fingerprint density at radius 3 is 3.00 bits per heavy atom. The fourth-order valence-corrected chi connectivity index (χ4v) is 1.72. The van der Waals surface area contributed by atoms with Crippen molar-refractivity contribution in [2.24, 2.45) is 0 Å². The number of rotatable bonds is 1. The number of allylic oxidation sites excluding steroid dienone is 1. The molecule has 1 aromatic carbocycles. The zero-order valence-corrected chi connectivity index (χ0v) is 8.49. The predicted octanol–water partition coefficient (Wildman–Crippen LogP) is 2.51. The quantitative estimate of drug-likeness (QED) is 0.434. The molecule has 0 radical (unpaired) electrons. The summed E-state index contributed by atoms with van der Waals surface area (Å²) in [5.74, 6) is 0. The van der Waals surface area contributed by atoms with Crippen LogP contribution < -0.4 is 5.32 Å². The molecular weight excluding hydrogens is 192 g/mol. The van der Waals surface area contributed by atoms with E-state index in [1.165, 1.54) is 11.6 Å². The van der Waals surface area contributed by atoms with Crippen LogP contribution in [0.15, 0.2) is 29.8 Å². The average Bonchev–Trinajstić information content (AvgIpc) is 2.37. The van der Waals surface area contributed by atoms with Gasteiger partial charge in [0.1, 0.15) is 0 Å². The highest BCUT2D eigenvalue weighted by Gasteiger charge is 2.12. The van der Waals surface area contributed by atoms with Crippen molar-refractivity contribution in [2.75, 3.05) is 11.9 Å². The maximum atomic E-state index is 10.6. The second kappa shape index (κ2) is 3.73. The summed E-state index contributed by atoms with van der Waals surface area (Å²) in [4.78, 5) is 10.3. The van der Waals surface area contributed by atoms with E-state index < -0.39 is 0 Å². The summed E-state index contributed by atoms with van der Waals surface area (Å²) >= 11 is 0. The van der Waals surface area contributed by atoms with Gasteiger partial charge >= 0.3 is 0 Å². The average molecular weight is 204 g/mol. The molecule has 0 bridgehead atoms. The van der Waals surface area contributed by atoms with Gasteiger partial charge in [-0.1, -0.05) is 11.6 Å². The topological polar surface area (TPSA) is 55.2 Å². The molecule has 4 heteroatoms. The van der Waals surface area contributed by atoms with Crippen LogP contribution in [-0.4, -0.2) is 11.5 Å². The number of nitrogens with zero attached hydrogens (tertiary/aromatic N) is 1. The third-order valence-electron chi connectivity index (χ3n) is 2.51. The molecule has 0 amide bonds. The molecule has 1 heterocycles. The molecule has 1 aliphatic rings. The van der Waals surface area contributed by atoms with Gasteiger partial charge in [-0.2, -0.15) is 0 Å². The Kier molecular flexibility index (Phi) is 2.41. The molecule has 0 atom stereocenters. The molecule has 0 aromatic heterocycles. The van der Waals surface area contributed by atoms with E-state index in [-0.39, 0.29) is 10.6 Å². The fourth-order valence-electron chi connectivity index (χ4n) is 1.72. The Balaban J connectivity index is 2.42. The lowest BCUT2D eigenvalue weighted by Gasteiger charge is -2.06. The third-order valence-corrected chi connectivity index (χ3v) is 2.51. The lowest BCUT2D eigenvalue weighted by Crippen LogP contribution is -1.99. The van der Waals surface area contributed by atoms with Gasteiger partial charge in [0.25, 0.3) is 5.69 Å². The summed E-state index contributed by atoms with van der Waals surface area (Å²) in [6.45, 7) is 2.83. The number of nitro benzene ring substituents is 1. The van der Waals surface area contributed by atoms with Gasteiger partial charge < -0.3 is 5.32 Å². The van der Waals surface area contributed by atoms with Crippen molar-refractivity contribution in [2.45, 2.75) is 13.3 Å². The van der Waals surface area contributed by atoms with Gasteiger partial charge in [0, 0.05) is 24.4 Å². The fraction of sp³-hybridized carbons (Fsp3) is 0.273. The summed E-state index contributed by atoms with van der Waals surface area (Å²) in [6, 6.07) is 4.96. The Labute approximate surface area is 87.8 Å². The number of non-ortho nitro benzene ring substituents is 1. The van der Waals surface area contributed by atoms with E-state index >= 15 is 0 Å². The lowest BCUT2D eigenvalue weighted by molar-refractivity contribution is -0.384. The van der Waals surface area contributed by atoms with Crippen LogP contribution in [0.4, 0.5) is 11.4 Å². The second-order valence-corrected chi connectivity index (χ2v) is 3.71. The third kappa shape index (κ3) is 1.98. The molecular formula is C11H12N2O2. The van der Waals surface area contributed by atoms with E-state index in [0.29, 0.717) is 0 Å². The molecule has 0 fully saturated rings. The first-order valence-electron chi connectivity index (χ1n) is 4.83. The monoisotopic (exact) mass is 204 g/mol. The van der Waals surface area contributed by atoms with E-state index in [1.807, 2.05) is 6.92 Å². The van der Waals surface area contributed by atoms with Crippen LogP contribution in [0.25, 0.3) is 0 Å². The number of anilines is 1. The minimum atomic E-state index is -0.357. The number of hydrogen-bond acceptors (Lipinski definition) is 3. The summed E-state index contributed by atoms with van der Waals surface area (Å²) in [5, 5.41) is 13.8. The van der Waals surface area contributed by atoms with E-state index in [9.17, 15) is 10.1 Å². The molecule has 0 unspecified atom stereocenters. The van der Waals surface area contributed by atoms with E-state index in [0.717, 1.165) is 24.2 Å². The Morgan fingerprint density at radius 1 is 1.47 bits per heavy atom. The van der Waals surface area contributed by atoms with Gasteiger partial charge in [-0.3, -0.25) is 10.1 Å². The predicted molar refractivity (Wildman–Crippen MR) is 59.0 cm³/mol. The molecule has 4 nitrogen and oxygen atoms in total. The largest absolute Gasteiger partial charge is 0.381 e. The van der Waals surface area contributed by atoms with Crippen LogP contribution in [0.1, 0.15) is 12.5 Å². The van der Waals surface area contributed by atoms with E-state index in [2.05, 4.69) is 11.4 Å². The molecule has 78 valence electrons. The van der Waals surface area contributed by atoms with Crippen molar-refractivity contribution in [3.63, 3.8) is 0 Å². The number of fused-ring (bicyclic) bond motifs is 1. The highest BCUT2D eigenvalue weighted by Crippen LogP contribution is 2.26. The summed E-state index contributed by atoms with van der Waals surface area (Å²) in [5.41, 5.74) is 3.39. The van der Waals surface area contributed by atoms with Gasteiger partial charge in [-0.05, 0) is 25.0 Å². The van der Waals surface area contributed by atoms with Crippen LogP contribution in [0.2, 0.25) is 0 Å². The standard InChI is InChI=1S/C11H12N2O2/c1-8-4-5-12-11-3-2-10(13(14)15)7-9(11)6-8/h2-4,7,12H,5-6H2,1H3. The van der Waals surface area contributed by atoms with Crippen LogP contribution in [0.3, 0.4) is 0 Å². The molecule has 1 aliphatic heterocycles. The number of benzene rings is 1. The van der Waals surface area contributed by atoms with Crippen LogP contribution >= 0.6 is 0 Å². The van der Waals surface area contributed by atoms with Crippen molar-refractivity contribution in [1.29, 1.82) is 0 Å². The first-order chi connectivity index (χ1) is 7.16. The van der Waals surface area contributed by atoms with Crippen LogP contribution in [0.5, 0.6) is 0 Å². The van der Waals surface area contributed by atoms with Crippen molar-refractivity contribution in [3.05, 3.63) is 45.5 Å². The van der Waals surface area contributed by atoms with Crippen LogP contribution in [0, 0.1) is 10.1 Å². The molecule has 2 rings (SSSR count). The minimum Gasteiger partial charge on any atom is -0.381 e. The van der Waals surface area contributed by atoms with E-state index in [1.54, 1.807) is 12.1 Å². The molecule has 15 heavy (non-hydrogen) atoms. The maximum absolute atomic E-state index is 10.6. The second-order valence-electron chi connectivity index (χ2n) is 3.71. The first kappa shape index (κ1) is 9.71. The van der Waals surface area contributed by atoms with Crippen molar-refractivity contribution >= 4 is 11.4 Å². The number of nitrogens with one attached hydrogen (secondary N) is 1. The van der Waals surface area contributed by atoms with Crippen molar-refractivity contribution < 1.29 is 4.92 Å². The minimum absolute atomic E-state index is 0.158. The highest BCUT2D eigenvalue weighted by molar-refractivity contribution is 5.58. The van der Waals surface area contributed by atoms with Gasteiger partial charge in [-0.25, -0.2) is 0 Å². The summed E-state index contributed by atoms with van der Waals surface area (Å²) < 4.78 is 0. The molecule has 0 spiro atoms. The first-order valence-corrected chi connectivity index (χ1v) is 4.83. The van der Waals surface area contributed by atoms with Crippen molar-refractivity contribution in [1.82, 2.24) is 0 Å². The smallest absolute Gasteiger partial charge is 0.269 e. The van der Waals surface area contributed by atoms with Crippen molar-refractivity contribution in [3.8, 4) is 0 Å². The van der Waals surface area contributed by atoms with Gasteiger partial charge in [0.2, 0.25) is 0 Å². The van der Waals surface area contributed by atoms with Gasteiger partial charge in [0.05, 0.1) is 4.92 Å². The van der Waals surface area contributed by atoms with Gasteiger partial charge in [0.15, 0.2) is 0 Å². The highest BCUT2D eigenvalue weighted by atomic mass is 16.6. The Hall–Kier alpha value is -1.84. The van der Waals surface area contributed by atoms with Gasteiger partial charge in [-0.15, -0.1) is 0 Å². The summed E-state index contributed by atoms with van der Waals surface area (Å²) in [7, 11) is 0. The van der Waals surface area contributed by atoms with Crippen LogP contribution in [-0.2, 0) is 6.42 Å². The number of nitro groups is 1. The Bertz CT molecular complexity index is 438. The molecule has 0 saturated carbocycles. The summed E-state index contributed by atoms with van der Waals surface area (Å²) in [6.07, 6.45) is 2.88. The van der Waals surface area contributed by atoms with E-state index in [4.69, 9.17) is 0 Å². The maximum Gasteiger partial charge on any atom is 0.269 e. The Morgan fingerprint density at radius 2 is 2.27 bits per heavy atom. The molecule has 1 aromatic rings. The molecule has 0 saturated heterocycles. The molecule has 0 aliphatic carbocycles. The molecule has 1 N–H and O–H groups in total. The normalized spacial score (nSPS) is 14.6. The lowest BCUT2D eigenvalue weighted by atomic mass is 10.0. The number of hydrogen-bond donors (Lipinski definition) is 1. The SMILES string of the molecule is CC1=CCNc2ccc([N+](=O)[O-])cc2C1.